The number of carbonyl (C=O) groups is 2. The second-order valence-corrected chi connectivity index (χ2v) is 7.71. The van der Waals surface area contributed by atoms with Crippen LogP contribution in [0.4, 0.5) is 5.13 Å². The number of anilines is 1. The van der Waals surface area contributed by atoms with Crippen molar-refractivity contribution in [3.63, 3.8) is 0 Å². The molecule has 0 bridgehead atoms. The molecule has 1 aliphatic heterocycles. The van der Waals surface area contributed by atoms with Crippen molar-refractivity contribution in [2.24, 2.45) is 0 Å². The van der Waals surface area contributed by atoms with Crippen molar-refractivity contribution in [1.82, 2.24) is 9.97 Å². The molecule has 0 saturated heterocycles. The second-order valence-electron chi connectivity index (χ2n) is 6.88. The molecule has 1 aromatic carbocycles. The summed E-state index contributed by atoms with van der Waals surface area (Å²) in [4.78, 5) is 36.2. The highest BCUT2D eigenvalue weighted by molar-refractivity contribution is 7.14. The quantitative estimate of drug-likeness (QED) is 0.495. The highest BCUT2D eigenvalue weighted by Gasteiger charge is 2.46. The van der Waals surface area contributed by atoms with Crippen molar-refractivity contribution < 1.29 is 19.1 Å². The summed E-state index contributed by atoms with van der Waals surface area (Å²) in [6, 6.07) is 11.4. The van der Waals surface area contributed by atoms with Gasteiger partial charge in [-0.3, -0.25) is 19.5 Å². The lowest BCUT2D eigenvalue weighted by Crippen LogP contribution is -2.31. The van der Waals surface area contributed by atoms with E-state index >= 15 is 0 Å². The molecule has 1 unspecified atom stereocenters. The summed E-state index contributed by atoms with van der Waals surface area (Å²) >= 11 is 1.27. The maximum atomic E-state index is 13.4. The number of Topliss-reactive ketones (excluding diaryl/α,β-unsaturated/α-hetero) is 1. The van der Waals surface area contributed by atoms with E-state index in [9.17, 15) is 14.7 Å². The number of hydrogen-bond acceptors (Lipinski definition) is 7. The number of ketones is 1. The third-order valence-corrected chi connectivity index (χ3v) is 5.87. The lowest BCUT2D eigenvalue weighted by molar-refractivity contribution is -0.117. The number of pyridine rings is 1. The molecular formula is C22H15N3O4S. The Hall–Kier alpha value is -3.78. The second kappa shape index (κ2) is 6.93. The Morgan fingerprint density at radius 1 is 1.23 bits per heavy atom. The lowest BCUT2D eigenvalue weighted by Gasteiger charge is -2.23. The van der Waals surface area contributed by atoms with Crippen LogP contribution in [0.2, 0.25) is 0 Å². The Balaban J connectivity index is 1.66. The number of rotatable bonds is 4. The third-order valence-electron chi connectivity index (χ3n) is 4.92. The van der Waals surface area contributed by atoms with Gasteiger partial charge in [0, 0.05) is 23.2 Å². The highest BCUT2D eigenvalue weighted by Crippen LogP contribution is 2.42. The number of furan rings is 1. The third kappa shape index (κ3) is 2.81. The average molecular weight is 417 g/mol. The van der Waals surface area contributed by atoms with Crippen LogP contribution >= 0.6 is 11.3 Å². The first-order chi connectivity index (χ1) is 14.5. The van der Waals surface area contributed by atoms with Gasteiger partial charge in [-0.2, -0.15) is 0 Å². The summed E-state index contributed by atoms with van der Waals surface area (Å²) in [5.41, 5.74) is 1.82. The van der Waals surface area contributed by atoms with Crippen LogP contribution in [0.5, 0.6) is 0 Å². The summed E-state index contributed by atoms with van der Waals surface area (Å²) in [6.45, 7) is 1.81. The van der Waals surface area contributed by atoms with Crippen LogP contribution in [-0.2, 0) is 4.79 Å². The first-order valence-electron chi connectivity index (χ1n) is 9.16. The van der Waals surface area contributed by atoms with E-state index in [0.717, 1.165) is 11.1 Å². The number of fused-ring (bicyclic) bond motifs is 1. The van der Waals surface area contributed by atoms with Gasteiger partial charge in [-0.05, 0) is 30.7 Å². The van der Waals surface area contributed by atoms with Gasteiger partial charge in [0.25, 0.3) is 5.91 Å². The Labute approximate surface area is 174 Å². The van der Waals surface area contributed by atoms with E-state index in [4.69, 9.17) is 4.42 Å². The molecule has 30 heavy (non-hydrogen) atoms. The van der Waals surface area contributed by atoms with Gasteiger partial charge >= 0.3 is 0 Å². The molecule has 0 fully saturated rings. The highest BCUT2D eigenvalue weighted by atomic mass is 32.1. The number of hydrogen-bond donors (Lipinski definition) is 1. The van der Waals surface area contributed by atoms with Gasteiger partial charge in [-0.1, -0.05) is 24.3 Å². The van der Waals surface area contributed by atoms with Crippen molar-refractivity contribution >= 4 is 39.1 Å². The molecule has 4 heterocycles. The van der Waals surface area contributed by atoms with Crippen LogP contribution in [0.15, 0.2) is 76.0 Å². The SMILES string of the molecule is Cc1csc(N2C(=O)C(O)=C(C(=O)c3cc4ccccc4o3)C2c2cccnc2)n1. The van der Waals surface area contributed by atoms with Crippen molar-refractivity contribution in [1.29, 1.82) is 0 Å². The van der Waals surface area contributed by atoms with Crippen LogP contribution < -0.4 is 4.90 Å². The fraction of sp³-hybridized carbons (Fsp3) is 0.0909. The van der Waals surface area contributed by atoms with Crippen LogP contribution in [0, 0.1) is 6.92 Å². The number of nitrogens with zero attached hydrogens (tertiary/aromatic N) is 3. The molecule has 0 spiro atoms. The molecule has 1 atom stereocenters. The molecule has 0 saturated carbocycles. The minimum atomic E-state index is -0.863. The van der Waals surface area contributed by atoms with Gasteiger partial charge < -0.3 is 9.52 Å². The van der Waals surface area contributed by atoms with E-state index in [1.54, 1.807) is 48.1 Å². The standard InChI is InChI=1S/C22H15N3O4S/c1-12-11-30-22(24-12)25-18(14-6-4-8-23-10-14)17(20(27)21(25)28)19(26)16-9-13-5-2-3-7-15(13)29-16/h2-11,18,27H,1H3. The summed E-state index contributed by atoms with van der Waals surface area (Å²) in [5, 5.41) is 13.7. The topological polar surface area (TPSA) is 96.5 Å². The average Bonchev–Trinajstić information content (AvgIpc) is 3.45. The largest absolute Gasteiger partial charge is 0.503 e. The van der Waals surface area contributed by atoms with Crippen molar-refractivity contribution in [3.8, 4) is 0 Å². The van der Waals surface area contributed by atoms with Crippen LogP contribution in [-0.4, -0.2) is 26.8 Å². The number of aliphatic hydroxyl groups excluding tert-OH is 1. The van der Waals surface area contributed by atoms with Gasteiger partial charge in [-0.15, -0.1) is 11.3 Å². The molecule has 1 N–H and O–H groups in total. The van der Waals surface area contributed by atoms with E-state index < -0.39 is 23.5 Å². The number of para-hydroxylation sites is 1. The molecule has 8 heteroatoms. The first kappa shape index (κ1) is 18.3. The first-order valence-corrected chi connectivity index (χ1v) is 10.0. The Kier molecular flexibility index (Phi) is 4.22. The Morgan fingerprint density at radius 3 is 2.77 bits per heavy atom. The van der Waals surface area contributed by atoms with Gasteiger partial charge in [0.05, 0.1) is 17.3 Å². The van der Waals surface area contributed by atoms with Crippen molar-refractivity contribution in [3.05, 3.63) is 88.6 Å². The molecule has 7 nitrogen and oxygen atoms in total. The summed E-state index contributed by atoms with van der Waals surface area (Å²) in [7, 11) is 0. The zero-order chi connectivity index (χ0) is 20.8. The smallest absolute Gasteiger partial charge is 0.296 e. The van der Waals surface area contributed by atoms with Crippen molar-refractivity contribution in [2.45, 2.75) is 13.0 Å². The maximum Gasteiger partial charge on any atom is 0.296 e. The molecular weight excluding hydrogens is 402 g/mol. The number of carbonyl (C=O) groups excluding carboxylic acids is 2. The van der Waals surface area contributed by atoms with Gasteiger partial charge in [-0.25, -0.2) is 4.98 Å². The van der Waals surface area contributed by atoms with Crippen LogP contribution in [0.3, 0.4) is 0 Å². The van der Waals surface area contributed by atoms with Gasteiger partial charge in [0.1, 0.15) is 5.58 Å². The summed E-state index contributed by atoms with van der Waals surface area (Å²) < 4.78 is 5.70. The Morgan fingerprint density at radius 2 is 2.07 bits per heavy atom. The normalized spacial score (nSPS) is 16.6. The zero-order valence-electron chi connectivity index (χ0n) is 15.8. The molecule has 0 aliphatic carbocycles. The maximum absolute atomic E-state index is 13.4. The molecule has 5 rings (SSSR count). The van der Waals surface area contributed by atoms with Crippen LogP contribution in [0.25, 0.3) is 11.0 Å². The monoisotopic (exact) mass is 417 g/mol. The van der Waals surface area contributed by atoms with E-state index in [1.165, 1.54) is 16.2 Å². The number of amides is 1. The molecule has 1 amide bonds. The zero-order valence-corrected chi connectivity index (χ0v) is 16.6. The van der Waals surface area contributed by atoms with E-state index in [1.807, 2.05) is 19.1 Å². The number of benzene rings is 1. The Bertz CT molecular complexity index is 1290. The fourth-order valence-electron chi connectivity index (χ4n) is 3.57. The number of aryl methyl sites for hydroxylation is 1. The molecule has 3 aromatic heterocycles. The number of thiazole rings is 1. The molecule has 0 radical (unpaired) electrons. The minimum Gasteiger partial charge on any atom is -0.503 e. The fourth-order valence-corrected chi connectivity index (χ4v) is 4.39. The summed E-state index contributed by atoms with van der Waals surface area (Å²) in [6.07, 6.45) is 3.17. The molecule has 148 valence electrons. The minimum absolute atomic E-state index is 0.0524. The predicted octanol–water partition coefficient (Wildman–Crippen LogP) is 4.38. The van der Waals surface area contributed by atoms with Gasteiger partial charge in [0.15, 0.2) is 16.7 Å². The van der Waals surface area contributed by atoms with E-state index in [2.05, 4.69) is 9.97 Å². The number of aliphatic hydroxyl groups is 1. The van der Waals surface area contributed by atoms with Crippen molar-refractivity contribution in [2.75, 3.05) is 4.90 Å². The lowest BCUT2D eigenvalue weighted by atomic mass is 9.96. The molecule has 1 aliphatic rings. The van der Waals surface area contributed by atoms with E-state index in [-0.39, 0.29) is 11.3 Å². The van der Waals surface area contributed by atoms with E-state index in [0.29, 0.717) is 16.3 Å². The molecule has 4 aromatic rings. The van der Waals surface area contributed by atoms with Crippen LogP contribution in [0.1, 0.15) is 27.9 Å². The predicted molar refractivity (Wildman–Crippen MR) is 112 cm³/mol. The number of aromatic nitrogens is 2. The summed E-state index contributed by atoms with van der Waals surface area (Å²) in [5.74, 6) is -1.79. The van der Waals surface area contributed by atoms with Gasteiger partial charge in [0.2, 0.25) is 5.78 Å².